The lowest BCUT2D eigenvalue weighted by Crippen LogP contribution is -2.30. The number of nitrogens with one attached hydrogen (secondary N) is 2. The second kappa shape index (κ2) is 9.71. The minimum atomic E-state index is -0.431. The first-order valence-electron chi connectivity index (χ1n) is 8.84. The summed E-state index contributed by atoms with van der Waals surface area (Å²) in [4.78, 5) is 25.5. The summed E-state index contributed by atoms with van der Waals surface area (Å²) in [5, 5.41) is 5.51. The molecule has 29 heavy (non-hydrogen) atoms. The molecule has 3 aromatic carbocycles. The molecule has 0 bridgehead atoms. The minimum absolute atomic E-state index is 0.132. The van der Waals surface area contributed by atoms with Crippen molar-refractivity contribution in [2.75, 3.05) is 12.4 Å². The van der Waals surface area contributed by atoms with Gasteiger partial charge in [0.15, 0.2) is 0 Å². The number of benzene rings is 3. The number of methoxy groups -OCH3 is 1. The number of hydrogen-bond donors (Lipinski definition) is 2. The van der Waals surface area contributed by atoms with Crippen molar-refractivity contribution in [3.63, 3.8) is 0 Å². The fraction of sp³-hybridized carbons (Fsp3) is 0.0435. The monoisotopic (exact) mass is 450 g/mol. The Labute approximate surface area is 177 Å². The largest absolute Gasteiger partial charge is 0.497 e. The molecular weight excluding hydrogens is 432 g/mol. The Morgan fingerprint density at radius 3 is 2.31 bits per heavy atom. The van der Waals surface area contributed by atoms with Gasteiger partial charge < -0.3 is 15.4 Å². The van der Waals surface area contributed by atoms with Gasteiger partial charge in [-0.15, -0.1) is 0 Å². The molecule has 0 aliphatic rings. The fourth-order valence-electron chi connectivity index (χ4n) is 2.58. The second-order valence-electron chi connectivity index (χ2n) is 6.12. The third-order valence-electron chi connectivity index (χ3n) is 4.04. The molecule has 0 atom stereocenters. The average molecular weight is 451 g/mol. The van der Waals surface area contributed by atoms with Crippen LogP contribution < -0.4 is 15.4 Å². The van der Waals surface area contributed by atoms with Crippen LogP contribution >= 0.6 is 15.9 Å². The quantitative estimate of drug-likeness (QED) is 0.526. The van der Waals surface area contributed by atoms with Crippen LogP contribution in [0.25, 0.3) is 6.08 Å². The molecule has 0 saturated heterocycles. The highest BCUT2D eigenvalue weighted by Gasteiger charge is 2.15. The first-order valence-corrected chi connectivity index (χ1v) is 9.63. The van der Waals surface area contributed by atoms with Crippen molar-refractivity contribution in [1.82, 2.24) is 5.32 Å². The third-order valence-corrected chi connectivity index (χ3v) is 4.53. The third kappa shape index (κ3) is 5.80. The van der Waals surface area contributed by atoms with Gasteiger partial charge in [-0.1, -0.05) is 46.3 Å². The molecule has 2 N–H and O–H groups in total. The molecule has 0 aromatic heterocycles. The number of amides is 2. The normalized spacial score (nSPS) is 10.9. The summed E-state index contributed by atoms with van der Waals surface area (Å²) >= 11 is 3.42. The SMILES string of the molecule is COc1ccc(NC(=O)C(=Cc2cccc(Br)c2)NC(=O)c2ccccc2)cc1. The van der Waals surface area contributed by atoms with Crippen molar-refractivity contribution in [3.05, 3.63) is 100 Å². The van der Waals surface area contributed by atoms with E-state index in [9.17, 15) is 9.59 Å². The summed E-state index contributed by atoms with van der Waals surface area (Å²) in [6.45, 7) is 0. The number of rotatable bonds is 6. The Hall–Kier alpha value is -3.38. The van der Waals surface area contributed by atoms with Gasteiger partial charge in [0.1, 0.15) is 11.4 Å². The number of anilines is 1. The molecule has 0 saturated carbocycles. The maximum atomic E-state index is 12.9. The highest BCUT2D eigenvalue weighted by atomic mass is 79.9. The molecule has 0 fully saturated rings. The topological polar surface area (TPSA) is 67.4 Å². The van der Waals surface area contributed by atoms with E-state index in [0.29, 0.717) is 17.0 Å². The van der Waals surface area contributed by atoms with Gasteiger partial charge in [-0.3, -0.25) is 9.59 Å². The van der Waals surface area contributed by atoms with E-state index in [1.807, 2.05) is 30.3 Å². The standard InChI is InChI=1S/C23H19BrN2O3/c1-29-20-12-10-19(11-13-20)25-23(28)21(15-16-6-5-9-18(24)14-16)26-22(27)17-7-3-2-4-8-17/h2-15H,1H3,(H,25,28)(H,26,27). The zero-order valence-electron chi connectivity index (χ0n) is 15.7. The van der Waals surface area contributed by atoms with E-state index in [0.717, 1.165) is 10.0 Å². The summed E-state index contributed by atoms with van der Waals surface area (Å²) in [7, 11) is 1.57. The first-order chi connectivity index (χ1) is 14.0. The summed E-state index contributed by atoms with van der Waals surface area (Å²) < 4.78 is 6.00. The highest BCUT2D eigenvalue weighted by molar-refractivity contribution is 9.10. The summed E-state index contributed by atoms with van der Waals surface area (Å²) in [6, 6.07) is 23.1. The van der Waals surface area contributed by atoms with Gasteiger partial charge in [-0.05, 0) is 60.2 Å². The van der Waals surface area contributed by atoms with Gasteiger partial charge in [0, 0.05) is 15.7 Å². The van der Waals surface area contributed by atoms with Crippen LogP contribution in [0.15, 0.2) is 89.0 Å². The van der Waals surface area contributed by atoms with Crippen LogP contribution in [0.5, 0.6) is 5.75 Å². The van der Waals surface area contributed by atoms with Crippen LogP contribution in [0.1, 0.15) is 15.9 Å². The van der Waals surface area contributed by atoms with Crippen molar-refractivity contribution in [1.29, 1.82) is 0 Å². The molecule has 6 heteroatoms. The Morgan fingerprint density at radius 2 is 1.66 bits per heavy atom. The number of carbonyl (C=O) groups is 2. The zero-order chi connectivity index (χ0) is 20.6. The van der Waals surface area contributed by atoms with Crippen molar-refractivity contribution in [2.45, 2.75) is 0 Å². The average Bonchev–Trinajstić information content (AvgIpc) is 2.74. The molecule has 0 aliphatic carbocycles. The van der Waals surface area contributed by atoms with Crippen molar-refractivity contribution < 1.29 is 14.3 Å². The Kier molecular flexibility index (Phi) is 6.81. The van der Waals surface area contributed by atoms with Gasteiger partial charge in [-0.25, -0.2) is 0 Å². The summed E-state index contributed by atoms with van der Waals surface area (Å²) in [5.41, 5.74) is 1.95. The van der Waals surface area contributed by atoms with Gasteiger partial charge >= 0.3 is 0 Å². The second-order valence-corrected chi connectivity index (χ2v) is 7.03. The van der Waals surface area contributed by atoms with Crippen LogP contribution in [0.2, 0.25) is 0 Å². The zero-order valence-corrected chi connectivity index (χ0v) is 17.3. The van der Waals surface area contributed by atoms with Crippen molar-refractivity contribution in [3.8, 4) is 5.75 Å². The molecular formula is C23H19BrN2O3. The van der Waals surface area contributed by atoms with Crippen LogP contribution in [0, 0.1) is 0 Å². The summed E-state index contributed by atoms with van der Waals surface area (Å²) in [5.74, 6) is -0.110. The highest BCUT2D eigenvalue weighted by Crippen LogP contribution is 2.17. The lowest BCUT2D eigenvalue weighted by molar-refractivity contribution is -0.113. The lowest BCUT2D eigenvalue weighted by atomic mass is 10.1. The minimum Gasteiger partial charge on any atom is -0.497 e. The predicted octanol–water partition coefficient (Wildman–Crippen LogP) is 4.87. The molecule has 5 nitrogen and oxygen atoms in total. The van der Waals surface area contributed by atoms with E-state index >= 15 is 0 Å². The van der Waals surface area contributed by atoms with E-state index in [2.05, 4.69) is 26.6 Å². The Morgan fingerprint density at radius 1 is 0.931 bits per heavy atom. The maximum absolute atomic E-state index is 12.9. The first kappa shape index (κ1) is 20.4. The van der Waals surface area contributed by atoms with E-state index in [4.69, 9.17) is 4.74 Å². The van der Waals surface area contributed by atoms with Gasteiger partial charge in [0.05, 0.1) is 7.11 Å². The van der Waals surface area contributed by atoms with E-state index in [1.165, 1.54) is 0 Å². The Bertz CT molecular complexity index is 1030. The molecule has 0 heterocycles. The number of halogens is 1. The van der Waals surface area contributed by atoms with Crippen LogP contribution in [-0.2, 0) is 4.79 Å². The summed E-state index contributed by atoms with van der Waals surface area (Å²) in [6.07, 6.45) is 1.63. The molecule has 3 aromatic rings. The molecule has 0 unspecified atom stereocenters. The molecule has 146 valence electrons. The van der Waals surface area contributed by atoms with E-state index < -0.39 is 5.91 Å². The molecule has 0 radical (unpaired) electrons. The number of ether oxygens (including phenoxy) is 1. The van der Waals surface area contributed by atoms with Gasteiger partial charge in [0.2, 0.25) is 0 Å². The van der Waals surface area contributed by atoms with Gasteiger partial charge in [-0.2, -0.15) is 0 Å². The van der Waals surface area contributed by atoms with Crippen molar-refractivity contribution in [2.24, 2.45) is 0 Å². The Balaban J connectivity index is 1.86. The number of hydrogen-bond acceptors (Lipinski definition) is 3. The van der Waals surface area contributed by atoms with Gasteiger partial charge in [0.25, 0.3) is 11.8 Å². The maximum Gasteiger partial charge on any atom is 0.272 e. The van der Waals surface area contributed by atoms with Crippen LogP contribution in [0.4, 0.5) is 5.69 Å². The molecule has 0 aliphatic heterocycles. The number of carbonyl (C=O) groups excluding carboxylic acids is 2. The molecule has 0 spiro atoms. The molecule has 3 rings (SSSR count). The smallest absolute Gasteiger partial charge is 0.272 e. The van der Waals surface area contributed by atoms with E-state index in [1.54, 1.807) is 61.7 Å². The fourth-order valence-corrected chi connectivity index (χ4v) is 3.00. The van der Waals surface area contributed by atoms with Crippen LogP contribution in [0.3, 0.4) is 0 Å². The van der Waals surface area contributed by atoms with E-state index in [-0.39, 0.29) is 11.6 Å². The molecule has 2 amide bonds. The van der Waals surface area contributed by atoms with Crippen molar-refractivity contribution >= 4 is 39.5 Å². The lowest BCUT2D eigenvalue weighted by Gasteiger charge is -2.12. The van der Waals surface area contributed by atoms with Crippen LogP contribution in [-0.4, -0.2) is 18.9 Å². The predicted molar refractivity (Wildman–Crippen MR) is 118 cm³/mol.